The number of nitrogens with one attached hydrogen (secondary N) is 2. The van der Waals surface area contributed by atoms with Gasteiger partial charge in [-0.1, -0.05) is 19.9 Å². The summed E-state index contributed by atoms with van der Waals surface area (Å²) < 4.78 is 4.86. The first-order valence-corrected chi connectivity index (χ1v) is 7.75. The molecule has 0 bridgehead atoms. The largest absolute Gasteiger partial charge is 0.480 e. The van der Waals surface area contributed by atoms with Crippen molar-refractivity contribution in [2.45, 2.75) is 20.3 Å². The molecule has 1 aromatic carbocycles. The highest BCUT2D eigenvalue weighted by atomic mass is 16.4. The molecule has 1 aliphatic carbocycles. The number of benzene rings is 1. The average Bonchev–Trinajstić information content (AvgIpc) is 2.90. The molecular weight excluding hydrogens is 324 g/mol. The van der Waals surface area contributed by atoms with Crippen molar-refractivity contribution >= 4 is 29.2 Å². The topological polar surface area (TPSA) is 109 Å². The molecule has 1 fully saturated rings. The van der Waals surface area contributed by atoms with Gasteiger partial charge in [0.25, 0.3) is 5.91 Å². The summed E-state index contributed by atoms with van der Waals surface area (Å²) >= 11 is 0. The maximum absolute atomic E-state index is 12.5. The number of furan rings is 1. The second kappa shape index (κ2) is 5.77. The maximum atomic E-state index is 12.5. The first-order valence-electron chi connectivity index (χ1n) is 7.75. The van der Waals surface area contributed by atoms with E-state index in [2.05, 4.69) is 10.6 Å². The molecule has 1 aliphatic rings. The third kappa shape index (κ3) is 2.88. The Morgan fingerprint density at radius 1 is 1.12 bits per heavy atom. The van der Waals surface area contributed by atoms with Gasteiger partial charge in [-0.15, -0.1) is 0 Å². The Bertz CT molecular complexity index is 841. The number of rotatable bonds is 5. The SMILES string of the molecule is CC1(C)CC1(C(=O)O)C(=O)Nc1cccc(NC(=O)c2ccoc2)c1. The van der Waals surface area contributed by atoms with Crippen LogP contribution in [0.5, 0.6) is 0 Å². The van der Waals surface area contributed by atoms with E-state index in [1.54, 1.807) is 38.1 Å². The number of carboxylic acid groups (broad SMARTS) is 1. The minimum absolute atomic E-state index is 0.290. The van der Waals surface area contributed by atoms with Crippen LogP contribution < -0.4 is 10.6 Å². The minimum atomic E-state index is -1.41. The second-order valence-corrected chi connectivity index (χ2v) is 6.77. The molecule has 2 amide bonds. The number of amides is 2. The molecule has 3 rings (SSSR count). The van der Waals surface area contributed by atoms with Crippen molar-refractivity contribution in [1.29, 1.82) is 0 Å². The lowest BCUT2D eigenvalue weighted by atomic mass is 9.95. The molecule has 1 saturated carbocycles. The second-order valence-electron chi connectivity index (χ2n) is 6.77. The Labute approximate surface area is 144 Å². The molecule has 2 aromatic rings. The highest BCUT2D eigenvalue weighted by Gasteiger charge is 2.72. The van der Waals surface area contributed by atoms with E-state index in [1.165, 1.54) is 18.6 Å². The van der Waals surface area contributed by atoms with E-state index in [1.807, 2.05) is 0 Å². The molecule has 0 radical (unpaired) electrons. The standard InChI is InChI=1S/C18H18N2O5/c1-17(2)10-18(17,16(23)24)15(22)20-13-5-3-4-12(8-13)19-14(21)11-6-7-25-9-11/h3-9H,10H2,1-2H3,(H,19,21)(H,20,22)(H,23,24). The fourth-order valence-electron chi connectivity index (χ4n) is 2.98. The third-order valence-electron chi connectivity index (χ3n) is 4.65. The van der Waals surface area contributed by atoms with Crippen LogP contribution in [0.25, 0.3) is 0 Å². The predicted molar refractivity (Wildman–Crippen MR) is 90.2 cm³/mol. The van der Waals surface area contributed by atoms with Crippen LogP contribution in [0, 0.1) is 10.8 Å². The van der Waals surface area contributed by atoms with E-state index in [-0.39, 0.29) is 12.3 Å². The van der Waals surface area contributed by atoms with Crippen molar-refractivity contribution < 1.29 is 23.9 Å². The van der Waals surface area contributed by atoms with Crippen molar-refractivity contribution in [3.05, 3.63) is 48.4 Å². The lowest BCUT2D eigenvalue weighted by molar-refractivity contribution is -0.149. The van der Waals surface area contributed by atoms with Crippen LogP contribution in [0.2, 0.25) is 0 Å². The Balaban J connectivity index is 1.73. The number of aliphatic carboxylic acids is 1. The molecule has 7 nitrogen and oxygen atoms in total. The number of hydrogen-bond donors (Lipinski definition) is 3. The summed E-state index contributed by atoms with van der Waals surface area (Å²) in [6.07, 6.45) is 3.01. The van der Waals surface area contributed by atoms with Crippen LogP contribution in [0.15, 0.2) is 47.3 Å². The first-order chi connectivity index (χ1) is 11.8. The molecule has 1 heterocycles. The molecule has 130 valence electrons. The van der Waals surface area contributed by atoms with E-state index in [9.17, 15) is 19.5 Å². The highest BCUT2D eigenvalue weighted by Crippen LogP contribution is 2.64. The number of carbonyl (C=O) groups excluding carboxylic acids is 2. The zero-order chi connectivity index (χ0) is 18.2. The number of carboxylic acids is 1. The summed E-state index contributed by atoms with van der Waals surface area (Å²) in [6.45, 7) is 3.50. The van der Waals surface area contributed by atoms with E-state index < -0.39 is 22.7 Å². The predicted octanol–water partition coefficient (Wildman–Crippen LogP) is 2.97. The lowest BCUT2D eigenvalue weighted by Gasteiger charge is -2.16. The Morgan fingerprint density at radius 3 is 2.28 bits per heavy atom. The normalized spacial score (nSPS) is 20.6. The van der Waals surface area contributed by atoms with Gasteiger partial charge in [0.1, 0.15) is 6.26 Å². The van der Waals surface area contributed by atoms with Crippen LogP contribution in [-0.4, -0.2) is 22.9 Å². The molecule has 0 aliphatic heterocycles. The van der Waals surface area contributed by atoms with Crippen LogP contribution in [0.4, 0.5) is 11.4 Å². The maximum Gasteiger partial charge on any atom is 0.319 e. The van der Waals surface area contributed by atoms with Crippen LogP contribution in [0.3, 0.4) is 0 Å². The van der Waals surface area contributed by atoms with Crippen LogP contribution in [0.1, 0.15) is 30.6 Å². The van der Waals surface area contributed by atoms with Crippen molar-refractivity contribution in [1.82, 2.24) is 0 Å². The number of hydrogen-bond acceptors (Lipinski definition) is 4. The fraction of sp³-hybridized carbons (Fsp3) is 0.278. The monoisotopic (exact) mass is 342 g/mol. The van der Waals surface area contributed by atoms with Crippen LogP contribution in [-0.2, 0) is 9.59 Å². The molecular formula is C18H18N2O5. The van der Waals surface area contributed by atoms with Crippen molar-refractivity contribution in [2.75, 3.05) is 10.6 Å². The third-order valence-corrected chi connectivity index (χ3v) is 4.65. The van der Waals surface area contributed by atoms with Crippen molar-refractivity contribution in [3.8, 4) is 0 Å². The van der Waals surface area contributed by atoms with Gasteiger partial charge in [0.05, 0.1) is 11.8 Å². The molecule has 1 atom stereocenters. The zero-order valence-corrected chi connectivity index (χ0v) is 13.8. The van der Waals surface area contributed by atoms with Crippen molar-refractivity contribution in [3.63, 3.8) is 0 Å². The van der Waals surface area contributed by atoms with Gasteiger partial charge < -0.3 is 20.2 Å². The van der Waals surface area contributed by atoms with Gasteiger partial charge in [0.2, 0.25) is 5.91 Å². The van der Waals surface area contributed by atoms with Crippen molar-refractivity contribution in [2.24, 2.45) is 10.8 Å². The smallest absolute Gasteiger partial charge is 0.319 e. The average molecular weight is 342 g/mol. The Kier molecular flexibility index (Phi) is 3.87. The number of anilines is 2. The van der Waals surface area contributed by atoms with Gasteiger partial charge in [-0.05, 0) is 36.1 Å². The molecule has 1 aromatic heterocycles. The van der Waals surface area contributed by atoms with E-state index in [4.69, 9.17) is 4.42 Å². The molecule has 0 saturated heterocycles. The van der Waals surface area contributed by atoms with E-state index >= 15 is 0 Å². The van der Waals surface area contributed by atoms with Gasteiger partial charge in [-0.2, -0.15) is 0 Å². The minimum Gasteiger partial charge on any atom is -0.480 e. The number of carbonyl (C=O) groups is 3. The fourth-order valence-corrected chi connectivity index (χ4v) is 2.98. The quantitative estimate of drug-likeness (QED) is 0.724. The van der Waals surface area contributed by atoms with E-state index in [0.29, 0.717) is 16.9 Å². The summed E-state index contributed by atoms with van der Waals surface area (Å²) in [7, 11) is 0. The summed E-state index contributed by atoms with van der Waals surface area (Å²) in [5.74, 6) is -2.02. The summed E-state index contributed by atoms with van der Waals surface area (Å²) in [5, 5.41) is 14.8. The molecule has 1 unspecified atom stereocenters. The molecule has 0 spiro atoms. The molecule has 3 N–H and O–H groups in total. The van der Waals surface area contributed by atoms with Gasteiger partial charge in [-0.3, -0.25) is 14.4 Å². The summed E-state index contributed by atoms with van der Waals surface area (Å²) in [6, 6.07) is 8.07. The molecule has 25 heavy (non-hydrogen) atoms. The van der Waals surface area contributed by atoms with Gasteiger partial charge in [0.15, 0.2) is 5.41 Å². The summed E-state index contributed by atoms with van der Waals surface area (Å²) in [5.41, 5.74) is -0.736. The highest BCUT2D eigenvalue weighted by molar-refractivity contribution is 6.12. The summed E-state index contributed by atoms with van der Waals surface area (Å²) in [4.78, 5) is 36.0. The molecule has 7 heteroatoms. The van der Waals surface area contributed by atoms with E-state index in [0.717, 1.165) is 0 Å². The Hall–Kier alpha value is -3.09. The van der Waals surface area contributed by atoms with Gasteiger partial charge in [0, 0.05) is 11.4 Å². The van der Waals surface area contributed by atoms with Gasteiger partial charge in [-0.25, -0.2) is 0 Å². The van der Waals surface area contributed by atoms with Crippen LogP contribution >= 0.6 is 0 Å². The Morgan fingerprint density at radius 2 is 1.76 bits per heavy atom. The van der Waals surface area contributed by atoms with Gasteiger partial charge >= 0.3 is 5.97 Å². The zero-order valence-electron chi connectivity index (χ0n) is 13.8. The lowest BCUT2D eigenvalue weighted by Crippen LogP contribution is -2.35. The first kappa shape index (κ1) is 16.8.